The van der Waals surface area contributed by atoms with Crippen molar-refractivity contribution in [2.24, 2.45) is 5.73 Å². The van der Waals surface area contributed by atoms with E-state index < -0.39 is 12.1 Å². The topological polar surface area (TPSA) is 113 Å². The van der Waals surface area contributed by atoms with Crippen LogP contribution in [0.3, 0.4) is 0 Å². The van der Waals surface area contributed by atoms with Gasteiger partial charge >= 0.3 is 5.97 Å². The van der Waals surface area contributed by atoms with Crippen LogP contribution in [0.4, 0.5) is 0 Å². The Morgan fingerprint density at radius 1 is 1.20 bits per heavy atom. The van der Waals surface area contributed by atoms with E-state index in [4.69, 9.17) is 15.9 Å². The van der Waals surface area contributed by atoms with Crippen molar-refractivity contribution in [3.05, 3.63) is 35.9 Å². The second-order valence-electron chi connectivity index (χ2n) is 4.55. The maximum atomic E-state index is 11.5. The summed E-state index contributed by atoms with van der Waals surface area (Å²) in [5.74, 6) is -1.49. The van der Waals surface area contributed by atoms with Gasteiger partial charge in [0.25, 0.3) is 0 Å². The third-order valence-electron chi connectivity index (χ3n) is 2.94. The average molecular weight is 280 g/mol. The summed E-state index contributed by atoms with van der Waals surface area (Å²) in [6, 6.07) is 9.30. The van der Waals surface area contributed by atoms with Crippen molar-refractivity contribution in [2.45, 2.75) is 31.4 Å². The Labute approximate surface area is 117 Å². The number of carboxylic acids is 1. The lowest BCUT2D eigenvalue weighted by Crippen LogP contribution is -2.30. The van der Waals surface area contributed by atoms with Gasteiger partial charge in [-0.25, -0.2) is 4.79 Å². The molecule has 1 aromatic carbocycles. The number of rotatable bonds is 8. The quantitative estimate of drug-likeness (QED) is 0.551. The minimum atomic E-state index is -1.44. The van der Waals surface area contributed by atoms with Gasteiger partial charge in [0, 0.05) is 25.4 Å². The summed E-state index contributed by atoms with van der Waals surface area (Å²) >= 11 is 0. The Hall–Kier alpha value is -1.92. The Morgan fingerprint density at radius 3 is 2.45 bits per heavy atom. The molecule has 2 unspecified atom stereocenters. The predicted molar refractivity (Wildman–Crippen MR) is 73.9 cm³/mol. The predicted octanol–water partition coefficient (Wildman–Crippen LogP) is 0.418. The molecule has 2 atom stereocenters. The van der Waals surface area contributed by atoms with Gasteiger partial charge in [-0.2, -0.15) is 0 Å². The maximum Gasteiger partial charge on any atom is 0.332 e. The van der Waals surface area contributed by atoms with Crippen molar-refractivity contribution in [3.63, 3.8) is 0 Å². The van der Waals surface area contributed by atoms with Crippen LogP contribution < -0.4 is 11.1 Å². The number of nitrogens with two attached hydrogens (primary N) is 1. The second kappa shape index (κ2) is 8.29. The Balaban J connectivity index is 2.22. The number of benzene rings is 1. The molecule has 1 amide bonds. The molecule has 0 saturated heterocycles. The lowest BCUT2D eigenvalue weighted by atomic mass is 10.0. The first-order chi connectivity index (χ1) is 9.50. The Kier molecular flexibility index (Phi) is 6.69. The number of carbonyl (C=O) groups excluding carboxylic acids is 1. The van der Waals surface area contributed by atoms with Crippen molar-refractivity contribution in [1.82, 2.24) is 5.32 Å². The minimum absolute atomic E-state index is 0.00812. The zero-order valence-corrected chi connectivity index (χ0v) is 11.2. The molecule has 5 N–H and O–H groups in total. The molecule has 20 heavy (non-hydrogen) atoms. The zero-order valence-electron chi connectivity index (χ0n) is 11.2. The molecule has 0 spiro atoms. The molecule has 0 fully saturated rings. The van der Waals surface area contributed by atoms with Crippen LogP contribution in [-0.2, 0) is 9.59 Å². The molecular formula is C14H20N2O4. The highest BCUT2D eigenvalue weighted by atomic mass is 16.4. The van der Waals surface area contributed by atoms with E-state index in [0.717, 1.165) is 5.56 Å². The molecule has 0 aliphatic carbocycles. The number of hydrogen-bond donors (Lipinski definition) is 4. The number of amides is 1. The van der Waals surface area contributed by atoms with Crippen molar-refractivity contribution in [1.29, 1.82) is 0 Å². The van der Waals surface area contributed by atoms with E-state index in [1.54, 1.807) is 0 Å². The first-order valence-corrected chi connectivity index (χ1v) is 6.49. The van der Waals surface area contributed by atoms with E-state index >= 15 is 0 Å². The number of carbonyl (C=O) groups is 2. The number of carboxylic acid groups (broad SMARTS) is 1. The van der Waals surface area contributed by atoms with Gasteiger partial charge in [0.1, 0.15) is 0 Å². The summed E-state index contributed by atoms with van der Waals surface area (Å²) < 4.78 is 0. The lowest BCUT2D eigenvalue weighted by Gasteiger charge is -2.12. The van der Waals surface area contributed by atoms with Crippen molar-refractivity contribution in [2.75, 3.05) is 6.54 Å². The van der Waals surface area contributed by atoms with Gasteiger partial charge in [-0.15, -0.1) is 0 Å². The Bertz CT molecular complexity index is 436. The van der Waals surface area contributed by atoms with Gasteiger partial charge in [-0.1, -0.05) is 30.3 Å². The lowest BCUT2D eigenvalue weighted by molar-refractivity contribution is -0.147. The molecule has 0 heterocycles. The highest BCUT2D eigenvalue weighted by molar-refractivity contribution is 5.76. The summed E-state index contributed by atoms with van der Waals surface area (Å²) in [7, 11) is 0. The molecule has 0 saturated carbocycles. The van der Waals surface area contributed by atoms with Gasteiger partial charge in [0.2, 0.25) is 5.91 Å². The number of aliphatic hydroxyl groups is 1. The number of aliphatic carboxylic acids is 1. The van der Waals surface area contributed by atoms with Crippen LogP contribution in [0.1, 0.15) is 30.9 Å². The standard InChI is InChI=1S/C14H20N2O4/c15-11(10-4-2-1-3-5-10)6-7-13(18)16-9-8-12(17)14(19)20/h1-5,11-12,17H,6-9,15H2,(H,16,18)(H,19,20). The van der Waals surface area contributed by atoms with Crippen molar-refractivity contribution < 1.29 is 19.8 Å². The van der Waals surface area contributed by atoms with Crippen LogP contribution in [-0.4, -0.2) is 34.7 Å². The first-order valence-electron chi connectivity index (χ1n) is 6.49. The summed E-state index contributed by atoms with van der Waals surface area (Å²) in [5, 5.41) is 20.1. The van der Waals surface area contributed by atoms with E-state index in [9.17, 15) is 9.59 Å². The molecule has 1 aromatic rings. The fourth-order valence-corrected chi connectivity index (χ4v) is 1.71. The van der Waals surface area contributed by atoms with Gasteiger partial charge in [0.15, 0.2) is 6.10 Å². The van der Waals surface area contributed by atoms with Crippen molar-refractivity contribution >= 4 is 11.9 Å². The molecule has 0 aliphatic heterocycles. The smallest absolute Gasteiger partial charge is 0.332 e. The summed E-state index contributed by atoms with van der Waals surface area (Å²) in [5.41, 5.74) is 6.94. The van der Waals surface area contributed by atoms with E-state index in [2.05, 4.69) is 5.32 Å². The summed E-state index contributed by atoms with van der Waals surface area (Å²) in [6.45, 7) is 0.132. The normalized spacial score (nSPS) is 13.5. The molecule has 6 heteroatoms. The molecule has 0 aliphatic rings. The van der Waals surface area contributed by atoms with Gasteiger partial charge < -0.3 is 21.3 Å². The third kappa shape index (κ3) is 5.81. The fourth-order valence-electron chi connectivity index (χ4n) is 1.71. The second-order valence-corrected chi connectivity index (χ2v) is 4.55. The molecule has 0 aromatic heterocycles. The summed E-state index contributed by atoms with van der Waals surface area (Å²) in [6.07, 6.45) is -0.676. The molecule has 0 bridgehead atoms. The van der Waals surface area contributed by atoms with Gasteiger partial charge in [-0.05, 0) is 12.0 Å². The molecular weight excluding hydrogens is 260 g/mol. The SMILES string of the molecule is NC(CCC(=O)NCCC(O)C(=O)O)c1ccccc1. The van der Waals surface area contributed by atoms with E-state index in [1.807, 2.05) is 30.3 Å². The van der Waals surface area contributed by atoms with Crippen LogP contribution in [0.2, 0.25) is 0 Å². The van der Waals surface area contributed by atoms with Crippen LogP contribution in [0.25, 0.3) is 0 Å². The largest absolute Gasteiger partial charge is 0.479 e. The van der Waals surface area contributed by atoms with Gasteiger partial charge in [-0.3, -0.25) is 4.79 Å². The molecule has 1 rings (SSSR count). The van der Waals surface area contributed by atoms with Crippen LogP contribution in [0.15, 0.2) is 30.3 Å². The first kappa shape index (κ1) is 16.1. The van der Waals surface area contributed by atoms with E-state index in [0.29, 0.717) is 6.42 Å². The molecule has 110 valence electrons. The van der Waals surface area contributed by atoms with Crippen molar-refractivity contribution in [3.8, 4) is 0 Å². The van der Waals surface area contributed by atoms with Gasteiger partial charge in [0.05, 0.1) is 0 Å². The maximum absolute atomic E-state index is 11.5. The average Bonchev–Trinajstić information content (AvgIpc) is 2.45. The van der Waals surface area contributed by atoms with Crippen LogP contribution in [0, 0.1) is 0 Å². The molecule has 6 nitrogen and oxygen atoms in total. The highest BCUT2D eigenvalue weighted by Crippen LogP contribution is 2.14. The number of aliphatic hydroxyl groups excluding tert-OH is 1. The van der Waals surface area contributed by atoms with E-state index in [-0.39, 0.29) is 31.3 Å². The molecule has 0 radical (unpaired) electrons. The monoisotopic (exact) mass is 280 g/mol. The minimum Gasteiger partial charge on any atom is -0.479 e. The Morgan fingerprint density at radius 2 is 1.85 bits per heavy atom. The van der Waals surface area contributed by atoms with Crippen LogP contribution >= 0.6 is 0 Å². The fraction of sp³-hybridized carbons (Fsp3) is 0.429. The van der Waals surface area contributed by atoms with E-state index in [1.165, 1.54) is 0 Å². The third-order valence-corrected chi connectivity index (χ3v) is 2.94. The van der Waals surface area contributed by atoms with Crippen LogP contribution in [0.5, 0.6) is 0 Å². The number of hydrogen-bond acceptors (Lipinski definition) is 4. The zero-order chi connectivity index (χ0) is 15.0. The highest BCUT2D eigenvalue weighted by Gasteiger charge is 2.13. The number of nitrogens with one attached hydrogen (secondary N) is 1. The summed E-state index contributed by atoms with van der Waals surface area (Å²) in [4.78, 5) is 21.9.